The smallest absolute Gasteiger partial charge is 0.231 e. The lowest BCUT2D eigenvalue weighted by molar-refractivity contribution is 0.982. The van der Waals surface area contributed by atoms with Crippen molar-refractivity contribution in [2.75, 3.05) is 5.32 Å². The van der Waals surface area contributed by atoms with Crippen LogP contribution in [0.3, 0.4) is 0 Å². The molecule has 0 radical (unpaired) electrons. The molecule has 0 aliphatic carbocycles. The van der Waals surface area contributed by atoms with Crippen molar-refractivity contribution in [1.82, 2.24) is 15.0 Å². The standard InChI is InChI=1S/C9H9ClN4S/c1-5-3-15-4-7(5)13-9-12-6(2)11-8(10)14-9/h3-4H,1-2H3,(H,11,12,13,14). The minimum atomic E-state index is 0.206. The number of hydrogen-bond acceptors (Lipinski definition) is 5. The summed E-state index contributed by atoms with van der Waals surface area (Å²) in [6, 6.07) is 0. The summed E-state index contributed by atoms with van der Waals surface area (Å²) in [5.41, 5.74) is 2.16. The molecule has 15 heavy (non-hydrogen) atoms. The van der Waals surface area contributed by atoms with Crippen molar-refractivity contribution in [3.63, 3.8) is 0 Å². The van der Waals surface area contributed by atoms with Crippen molar-refractivity contribution in [2.24, 2.45) is 0 Å². The van der Waals surface area contributed by atoms with Gasteiger partial charge in [0, 0.05) is 5.38 Å². The fourth-order valence-corrected chi connectivity index (χ4v) is 2.10. The molecule has 0 bridgehead atoms. The molecule has 0 fully saturated rings. The van der Waals surface area contributed by atoms with Crippen LogP contribution in [-0.4, -0.2) is 15.0 Å². The van der Waals surface area contributed by atoms with Crippen LogP contribution in [0.4, 0.5) is 11.6 Å². The first-order valence-corrected chi connectivity index (χ1v) is 5.65. The molecule has 1 N–H and O–H groups in total. The molecule has 0 atom stereocenters. The predicted octanol–water partition coefficient (Wildman–Crippen LogP) is 2.95. The molecule has 2 aromatic heterocycles. The summed E-state index contributed by atoms with van der Waals surface area (Å²) < 4.78 is 0. The highest BCUT2D eigenvalue weighted by Crippen LogP contribution is 2.22. The third-order valence-corrected chi connectivity index (χ3v) is 2.85. The first-order chi connectivity index (χ1) is 7.15. The second-order valence-corrected chi connectivity index (χ2v) is 4.15. The molecule has 2 heterocycles. The van der Waals surface area contributed by atoms with E-state index in [1.165, 1.54) is 0 Å². The summed E-state index contributed by atoms with van der Waals surface area (Å²) in [7, 11) is 0. The van der Waals surface area contributed by atoms with E-state index >= 15 is 0 Å². The molecule has 0 aliphatic rings. The van der Waals surface area contributed by atoms with Crippen molar-refractivity contribution in [2.45, 2.75) is 13.8 Å². The van der Waals surface area contributed by atoms with Gasteiger partial charge in [0.1, 0.15) is 5.82 Å². The number of rotatable bonds is 2. The van der Waals surface area contributed by atoms with E-state index in [2.05, 4.69) is 25.6 Å². The zero-order valence-corrected chi connectivity index (χ0v) is 9.85. The van der Waals surface area contributed by atoms with Crippen LogP contribution in [0.15, 0.2) is 10.8 Å². The molecular weight excluding hydrogens is 232 g/mol. The van der Waals surface area contributed by atoms with E-state index in [0.29, 0.717) is 11.8 Å². The van der Waals surface area contributed by atoms with Gasteiger partial charge in [0.25, 0.3) is 0 Å². The van der Waals surface area contributed by atoms with Crippen LogP contribution < -0.4 is 5.32 Å². The normalized spacial score (nSPS) is 10.3. The van der Waals surface area contributed by atoms with E-state index in [9.17, 15) is 0 Å². The van der Waals surface area contributed by atoms with Crippen molar-refractivity contribution in [3.05, 3.63) is 27.4 Å². The van der Waals surface area contributed by atoms with Crippen LogP contribution in [0, 0.1) is 13.8 Å². The van der Waals surface area contributed by atoms with Gasteiger partial charge in [-0.2, -0.15) is 9.97 Å². The summed E-state index contributed by atoms with van der Waals surface area (Å²) >= 11 is 7.36. The molecule has 0 spiro atoms. The highest BCUT2D eigenvalue weighted by molar-refractivity contribution is 7.08. The molecule has 0 amide bonds. The van der Waals surface area contributed by atoms with Gasteiger partial charge in [0.15, 0.2) is 0 Å². The molecule has 0 saturated carbocycles. The fraction of sp³-hybridized carbons (Fsp3) is 0.222. The molecule has 0 aliphatic heterocycles. The Kier molecular flexibility index (Phi) is 2.83. The average Bonchev–Trinajstić information content (AvgIpc) is 2.50. The van der Waals surface area contributed by atoms with E-state index in [0.717, 1.165) is 11.3 Å². The van der Waals surface area contributed by atoms with Crippen molar-refractivity contribution in [1.29, 1.82) is 0 Å². The second kappa shape index (κ2) is 4.12. The number of nitrogens with one attached hydrogen (secondary N) is 1. The van der Waals surface area contributed by atoms with Gasteiger partial charge in [-0.15, -0.1) is 11.3 Å². The van der Waals surface area contributed by atoms with E-state index in [4.69, 9.17) is 11.6 Å². The molecule has 78 valence electrons. The Morgan fingerprint density at radius 2 is 2.00 bits per heavy atom. The van der Waals surface area contributed by atoms with E-state index in [-0.39, 0.29) is 5.28 Å². The molecule has 2 aromatic rings. The second-order valence-electron chi connectivity index (χ2n) is 3.07. The monoisotopic (exact) mass is 240 g/mol. The van der Waals surface area contributed by atoms with Gasteiger partial charge in [-0.05, 0) is 36.4 Å². The number of halogens is 1. The van der Waals surface area contributed by atoms with Gasteiger partial charge in [0.05, 0.1) is 5.69 Å². The Morgan fingerprint density at radius 1 is 1.20 bits per heavy atom. The van der Waals surface area contributed by atoms with Gasteiger partial charge < -0.3 is 5.32 Å². The van der Waals surface area contributed by atoms with Crippen molar-refractivity contribution in [3.8, 4) is 0 Å². The van der Waals surface area contributed by atoms with E-state index in [1.54, 1.807) is 18.3 Å². The number of hydrogen-bond donors (Lipinski definition) is 1. The Hall–Kier alpha value is -1.20. The summed E-state index contributed by atoms with van der Waals surface area (Å²) in [6.45, 7) is 3.80. The molecule has 0 saturated heterocycles. The summed E-state index contributed by atoms with van der Waals surface area (Å²) in [5, 5.41) is 7.36. The van der Waals surface area contributed by atoms with Crippen LogP contribution in [0.1, 0.15) is 11.4 Å². The lowest BCUT2D eigenvalue weighted by Crippen LogP contribution is -2.00. The molecule has 0 aromatic carbocycles. The Bertz CT molecular complexity index is 462. The minimum absolute atomic E-state index is 0.206. The molecule has 0 unspecified atom stereocenters. The fourth-order valence-electron chi connectivity index (χ4n) is 1.11. The maximum atomic E-state index is 5.73. The Morgan fingerprint density at radius 3 is 2.60 bits per heavy atom. The average molecular weight is 241 g/mol. The molecule has 6 heteroatoms. The highest BCUT2D eigenvalue weighted by Gasteiger charge is 2.04. The zero-order valence-electron chi connectivity index (χ0n) is 8.28. The molecule has 4 nitrogen and oxygen atoms in total. The van der Waals surface area contributed by atoms with Crippen molar-refractivity contribution >= 4 is 34.6 Å². The third kappa shape index (κ3) is 2.43. The van der Waals surface area contributed by atoms with Gasteiger partial charge in [-0.1, -0.05) is 0 Å². The van der Waals surface area contributed by atoms with Crippen LogP contribution >= 0.6 is 22.9 Å². The largest absolute Gasteiger partial charge is 0.323 e. The number of thiophene rings is 1. The SMILES string of the molecule is Cc1nc(Cl)nc(Nc2cscc2C)n1. The highest BCUT2D eigenvalue weighted by atomic mass is 35.5. The first kappa shape index (κ1) is 10.3. The number of aryl methyl sites for hydroxylation is 2. The minimum Gasteiger partial charge on any atom is -0.323 e. The topological polar surface area (TPSA) is 50.7 Å². The van der Waals surface area contributed by atoms with Gasteiger partial charge >= 0.3 is 0 Å². The van der Waals surface area contributed by atoms with E-state index < -0.39 is 0 Å². The molecule has 2 rings (SSSR count). The molecular formula is C9H9ClN4S. The van der Waals surface area contributed by atoms with Crippen LogP contribution in [-0.2, 0) is 0 Å². The van der Waals surface area contributed by atoms with Crippen molar-refractivity contribution < 1.29 is 0 Å². The lowest BCUT2D eigenvalue weighted by atomic mass is 10.3. The van der Waals surface area contributed by atoms with Crippen LogP contribution in [0.5, 0.6) is 0 Å². The van der Waals surface area contributed by atoms with Crippen LogP contribution in [0.25, 0.3) is 0 Å². The maximum Gasteiger partial charge on any atom is 0.231 e. The lowest BCUT2D eigenvalue weighted by Gasteiger charge is -2.04. The maximum absolute atomic E-state index is 5.73. The summed E-state index contributed by atoms with van der Waals surface area (Å²) in [6.07, 6.45) is 0. The first-order valence-electron chi connectivity index (χ1n) is 4.33. The summed E-state index contributed by atoms with van der Waals surface area (Å²) in [5.74, 6) is 1.08. The van der Waals surface area contributed by atoms with Crippen LogP contribution in [0.2, 0.25) is 5.28 Å². The number of anilines is 2. The quantitative estimate of drug-likeness (QED) is 0.877. The zero-order chi connectivity index (χ0) is 10.8. The number of nitrogens with zero attached hydrogens (tertiary/aromatic N) is 3. The van der Waals surface area contributed by atoms with Gasteiger partial charge in [0.2, 0.25) is 11.2 Å². The van der Waals surface area contributed by atoms with E-state index in [1.807, 2.05) is 12.3 Å². The third-order valence-electron chi connectivity index (χ3n) is 1.82. The van der Waals surface area contributed by atoms with Gasteiger partial charge in [-0.3, -0.25) is 0 Å². The van der Waals surface area contributed by atoms with Gasteiger partial charge in [-0.25, -0.2) is 4.98 Å². The number of aromatic nitrogens is 3. The Balaban J connectivity index is 2.28. The summed E-state index contributed by atoms with van der Waals surface area (Å²) in [4.78, 5) is 12.0. The predicted molar refractivity (Wildman–Crippen MR) is 61.9 cm³/mol. The Labute approximate surface area is 96.4 Å².